The van der Waals surface area contributed by atoms with Crippen LogP contribution in [0.2, 0.25) is 0 Å². The minimum absolute atomic E-state index is 0.716. The van der Waals surface area contributed by atoms with Crippen LogP contribution in [0.3, 0.4) is 0 Å². The van der Waals surface area contributed by atoms with E-state index < -0.39 is 0 Å². The van der Waals surface area contributed by atoms with Crippen molar-refractivity contribution < 1.29 is 0 Å². The fourth-order valence-corrected chi connectivity index (χ4v) is 3.48. The van der Waals surface area contributed by atoms with Crippen molar-refractivity contribution >= 4 is 5.95 Å². The Balaban J connectivity index is 1.73. The number of hydrogen-bond donors (Lipinski definition) is 1. The highest BCUT2D eigenvalue weighted by Gasteiger charge is 2.29. The van der Waals surface area contributed by atoms with E-state index in [0.29, 0.717) is 6.04 Å². The zero-order valence-electron chi connectivity index (χ0n) is 12.0. The first-order chi connectivity index (χ1) is 9.22. The van der Waals surface area contributed by atoms with Gasteiger partial charge in [-0.2, -0.15) is 0 Å². The summed E-state index contributed by atoms with van der Waals surface area (Å²) in [5.74, 6) is 1.70. The minimum Gasteiger partial charge on any atom is -0.340 e. The van der Waals surface area contributed by atoms with Crippen LogP contribution >= 0.6 is 0 Å². The highest BCUT2D eigenvalue weighted by Crippen LogP contribution is 2.26. The number of piperidine rings is 1. The summed E-state index contributed by atoms with van der Waals surface area (Å²) in [5, 5.41) is 3.65. The topological polar surface area (TPSA) is 41.1 Å². The molecular weight excluding hydrogens is 236 g/mol. The lowest BCUT2D eigenvalue weighted by atomic mass is 9.90. The van der Waals surface area contributed by atoms with Gasteiger partial charge in [-0.25, -0.2) is 9.97 Å². The predicted molar refractivity (Wildman–Crippen MR) is 77.5 cm³/mol. The third-order valence-corrected chi connectivity index (χ3v) is 4.38. The standard InChI is InChI=1S/C15H24N4/c1-11-9-12(2)18-15(17-11)19-8-4-5-13(10-19)14-6-3-7-16-14/h9,13-14,16H,3-8,10H2,1-2H3. The summed E-state index contributed by atoms with van der Waals surface area (Å²) in [4.78, 5) is 11.6. The first kappa shape index (κ1) is 12.9. The lowest BCUT2D eigenvalue weighted by Gasteiger charge is -2.36. The molecule has 3 rings (SSSR count). The molecule has 4 nitrogen and oxygen atoms in total. The van der Waals surface area contributed by atoms with E-state index in [9.17, 15) is 0 Å². The molecule has 0 amide bonds. The molecule has 2 aliphatic heterocycles. The number of rotatable bonds is 2. The second-order valence-corrected chi connectivity index (χ2v) is 6.00. The monoisotopic (exact) mass is 260 g/mol. The summed E-state index contributed by atoms with van der Waals surface area (Å²) in [6.45, 7) is 7.52. The summed E-state index contributed by atoms with van der Waals surface area (Å²) in [6.07, 6.45) is 5.28. The summed E-state index contributed by atoms with van der Waals surface area (Å²) in [5.41, 5.74) is 2.15. The van der Waals surface area contributed by atoms with E-state index in [0.717, 1.165) is 36.3 Å². The minimum atomic E-state index is 0.716. The van der Waals surface area contributed by atoms with Crippen LogP contribution in [0.15, 0.2) is 6.07 Å². The number of aryl methyl sites for hydroxylation is 2. The summed E-state index contributed by atoms with van der Waals surface area (Å²) < 4.78 is 0. The van der Waals surface area contributed by atoms with Crippen LogP contribution in [0.5, 0.6) is 0 Å². The number of anilines is 1. The van der Waals surface area contributed by atoms with Crippen LogP contribution in [0.25, 0.3) is 0 Å². The average molecular weight is 260 g/mol. The van der Waals surface area contributed by atoms with Gasteiger partial charge in [0, 0.05) is 30.5 Å². The molecule has 0 aliphatic carbocycles. The molecule has 1 aromatic rings. The Morgan fingerprint density at radius 3 is 2.63 bits per heavy atom. The van der Waals surface area contributed by atoms with Crippen molar-refractivity contribution in [2.24, 2.45) is 5.92 Å². The third kappa shape index (κ3) is 2.89. The van der Waals surface area contributed by atoms with Gasteiger partial charge in [0.2, 0.25) is 5.95 Å². The molecule has 2 unspecified atom stereocenters. The van der Waals surface area contributed by atoms with Gasteiger partial charge in [-0.1, -0.05) is 0 Å². The lowest BCUT2D eigenvalue weighted by Crippen LogP contribution is -2.44. The van der Waals surface area contributed by atoms with Crippen LogP contribution in [0.4, 0.5) is 5.95 Å². The Labute approximate surface area is 115 Å². The fraction of sp³-hybridized carbons (Fsp3) is 0.733. The Kier molecular flexibility index (Phi) is 3.69. The van der Waals surface area contributed by atoms with Gasteiger partial charge in [-0.15, -0.1) is 0 Å². The predicted octanol–water partition coefficient (Wildman–Crippen LogP) is 2.06. The molecule has 2 atom stereocenters. The molecule has 1 aromatic heterocycles. The molecular formula is C15H24N4. The Hall–Kier alpha value is -1.16. The van der Waals surface area contributed by atoms with Gasteiger partial charge in [0.25, 0.3) is 0 Å². The van der Waals surface area contributed by atoms with Crippen molar-refractivity contribution in [2.75, 3.05) is 24.5 Å². The zero-order chi connectivity index (χ0) is 13.2. The summed E-state index contributed by atoms with van der Waals surface area (Å²) in [7, 11) is 0. The van der Waals surface area contributed by atoms with Gasteiger partial charge < -0.3 is 10.2 Å². The van der Waals surface area contributed by atoms with Crippen molar-refractivity contribution in [1.82, 2.24) is 15.3 Å². The van der Waals surface area contributed by atoms with Crippen molar-refractivity contribution in [3.8, 4) is 0 Å². The van der Waals surface area contributed by atoms with Crippen LogP contribution < -0.4 is 10.2 Å². The third-order valence-electron chi connectivity index (χ3n) is 4.38. The molecule has 0 radical (unpaired) electrons. The van der Waals surface area contributed by atoms with Crippen LogP contribution in [-0.4, -0.2) is 35.6 Å². The van der Waals surface area contributed by atoms with E-state index in [4.69, 9.17) is 0 Å². The van der Waals surface area contributed by atoms with Gasteiger partial charge in [0.05, 0.1) is 0 Å². The van der Waals surface area contributed by atoms with Crippen LogP contribution in [0, 0.1) is 19.8 Å². The highest BCUT2D eigenvalue weighted by molar-refractivity contribution is 5.33. The zero-order valence-corrected chi connectivity index (χ0v) is 12.0. The molecule has 1 N–H and O–H groups in total. The van der Waals surface area contributed by atoms with Crippen molar-refractivity contribution in [3.63, 3.8) is 0 Å². The van der Waals surface area contributed by atoms with E-state index >= 15 is 0 Å². The van der Waals surface area contributed by atoms with Gasteiger partial charge in [-0.05, 0) is 58.1 Å². The average Bonchev–Trinajstić information content (AvgIpc) is 2.92. The molecule has 0 saturated carbocycles. The van der Waals surface area contributed by atoms with Gasteiger partial charge in [0.15, 0.2) is 0 Å². The summed E-state index contributed by atoms with van der Waals surface area (Å²) in [6, 6.07) is 2.76. The maximum Gasteiger partial charge on any atom is 0.225 e. The fourth-order valence-electron chi connectivity index (χ4n) is 3.48. The second-order valence-electron chi connectivity index (χ2n) is 6.00. The number of hydrogen-bond acceptors (Lipinski definition) is 4. The van der Waals surface area contributed by atoms with Crippen molar-refractivity contribution in [3.05, 3.63) is 17.5 Å². The molecule has 2 fully saturated rings. The molecule has 4 heteroatoms. The summed E-state index contributed by atoms with van der Waals surface area (Å²) >= 11 is 0. The molecule has 104 valence electrons. The molecule has 2 saturated heterocycles. The van der Waals surface area contributed by atoms with Gasteiger partial charge >= 0.3 is 0 Å². The van der Waals surface area contributed by atoms with E-state index in [1.54, 1.807) is 0 Å². The maximum atomic E-state index is 4.61. The Morgan fingerprint density at radius 1 is 1.16 bits per heavy atom. The van der Waals surface area contributed by atoms with Crippen molar-refractivity contribution in [1.29, 1.82) is 0 Å². The van der Waals surface area contributed by atoms with Gasteiger partial charge in [0.1, 0.15) is 0 Å². The van der Waals surface area contributed by atoms with E-state index in [-0.39, 0.29) is 0 Å². The Morgan fingerprint density at radius 2 is 1.95 bits per heavy atom. The Bertz CT molecular complexity index is 420. The molecule has 0 aromatic carbocycles. The molecule has 0 bridgehead atoms. The van der Waals surface area contributed by atoms with Crippen LogP contribution in [0.1, 0.15) is 37.1 Å². The number of nitrogens with one attached hydrogen (secondary N) is 1. The van der Waals surface area contributed by atoms with E-state index in [2.05, 4.69) is 34.0 Å². The molecule has 0 spiro atoms. The van der Waals surface area contributed by atoms with Crippen molar-refractivity contribution in [2.45, 2.75) is 45.6 Å². The van der Waals surface area contributed by atoms with Gasteiger partial charge in [-0.3, -0.25) is 0 Å². The molecule has 19 heavy (non-hydrogen) atoms. The first-order valence-electron chi connectivity index (χ1n) is 7.53. The number of nitrogens with zero attached hydrogens (tertiary/aromatic N) is 3. The second kappa shape index (κ2) is 5.45. The number of aromatic nitrogens is 2. The molecule has 3 heterocycles. The normalized spacial score (nSPS) is 27.8. The van der Waals surface area contributed by atoms with Crippen LogP contribution in [-0.2, 0) is 0 Å². The molecule has 2 aliphatic rings. The maximum absolute atomic E-state index is 4.61. The highest BCUT2D eigenvalue weighted by atomic mass is 15.3. The smallest absolute Gasteiger partial charge is 0.225 e. The SMILES string of the molecule is Cc1cc(C)nc(N2CCCC(C3CCCN3)C2)n1. The van der Waals surface area contributed by atoms with E-state index in [1.807, 2.05) is 6.07 Å². The quantitative estimate of drug-likeness (QED) is 0.884. The largest absolute Gasteiger partial charge is 0.340 e. The first-order valence-corrected chi connectivity index (χ1v) is 7.53. The lowest BCUT2D eigenvalue weighted by molar-refractivity contribution is 0.326. The van der Waals surface area contributed by atoms with E-state index in [1.165, 1.54) is 32.2 Å².